The highest BCUT2D eigenvalue weighted by Gasteiger charge is 2.13. The normalized spacial score (nSPS) is 11.0. The van der Waals surface area contributed by atoms with E-state index in [4.69, 9.17) is 9.47 Å². The van der Waals surface area contributed by atoms with Gasteiger partial charge >= 0.3 is 5.97 Å². The van der Waals surface area contributed by atoms with Crippen LogP contribution < -0.4 is 10.1 Å². The van der Waals surface area contributed by atoms with E-state index >= 15 is 0 Å². The molecule has 2 rings (SSSR count). The van der Waals surface area contributed by atoms with E-state index in [-0.39, 0.29) is 30.1 Å². The number of phenolic OH excluding ortho intramolecular Hbond substituents is 1. The molecule has 0 spiro atoms. The lowest BCUT2D eigenvalue weighted by Crippen LogP contribution is -2.32. The van der Waals surface area contributed by atoms with E-state index in [2.05, 4.69) is 26.1 Å². The first kappa shape index (κ1) is 21.3. The second-order valence-corrected chi connectivity index (χ2v) is 7.48. The van der Waals surface area contributed by atoms with Crippen LogP contribution in [0.4, 0.5) is 0 Å². The topological polar surface area (TPSA) is 84.9 Å². The molecule has 0 atom stereocenters. The maximum atomic E-state index is 11.7. The zero-order valence-electron chi connectivity index (χ0n) is 16.5. The standard InChI is InChI=1S/C22H27NO5/c1-22(2,3)17-6-10-19(11-7-17)27-13-12-23-20(25)15-28-21(26)14-16-4-8-18(24)9-5-16/h4-11,24H,12-15H2,1-3H3,(H,23,25). The van der Waals surface area contributed by atoms with Crippen LogP contribution in [0.3, 0.4) is 0 Å². The van der Waals surface area contributed by atoms with Crippen molar-refractivity contribution in [3.8, 4) is 11.5 Å². The number of amides is 1. The van der Waals surface area contributed by atoms with Crippen molar-refractivity contribution in [2.75, 3.05) is 19.8 Å². The van der Waals surface area contributed by atoms with Gasteiger partial charge in [-0.2, -0.15) is 0 Å². The quantitative estimate of drug-likeness (QED) is 0.539. The molecule has 0 aromatic heterocycles. The molecule has 0 aliphatic carbocycles. The smallest absolute Gasteiger partial charge is 0.310 e. The summed E-state index contributed by atoms with van der Waals surface area (Å²) in [5.41, 5.74) is 2.02. The van der Waals surface area contributed by atoms with Crippen molar-refractivity contribution in [1.29, 1.82) is 0 Å². The second-order valence-electron chi connectivity index (χ2n) is 7.48. The SMILES string of the molecule is CC(C)(C)c1ccc(OCCNC(=O)COC(=O)Cc2ccc(O)cc2)cc1. The minimum Gasteiger partial charge on any atom is -0.508 e. The first-order valence-corrected chi connectivity index (χ1v) is 9.17. The number of carbonyl (C=O) groups excluding carboxylic acids is 2. The third-order valence-electron chi connectivity index (χ3n) is 4.06. The molecule has 1 amide bonds. The largest absolute Gasteiger partial charge is 0.508 e. The number of nitrogens with one attached hydrogen (secondary N) is 1. The number of ether oxygens (including phenoxy) is 2. The highest BCUT2D eigenvalue weighted by Crippen LogP contribution is 2.24. The Kier molecular flexibility index (Phi) is 7.44. The molecule has 2 aromatic carbocycles. The summed E-state index contributed by atoms with van der Waals surface area (Å²) in [7, 11) is 0. The van der Waals surface area contributed by atoms with Gasteiger partial charge < -0.3 is 19.9 Å². The van der Waals surface area contributed by atoms with E-state index in [1.165, 1.54) is 17.7 Å². The Hall–Kier alpha value is -3.02. The first-order chi connectivity index (χ1) is 13.2. The number of phenols is 1. The molecule has 0 unspecified atom stereocenters. The van der Waals surface area contributed by atoms with Gasteiger partial charge in [0, 0.05) is 0 Å². The number of hydrogen-bond acceptors (Lipinski definition) is 5. The van der Waals surface area contributed by atoms with Crippen molar-refractivity contribution in [2.24, 2.45) is 0 Å². The van der Waals surface area contributed by atoms with Crippen molar-refractivity contribution in [1.82, 2.24) is 5.32 Å². The Morgan fingerprint density at radius 2 is 1.64 bits per heavy atom. The van der Waals surface area contributed by atoms with Gasteiger partial charge in [0.1, 0.15) is 18.1 Å². The average molecular weight is 385 g/mol. The van der Waals surface area contributed by atoms with E-state index in [1.807, 2.05) is 24.3 Å². The molecule has 0 saturated carbocycles. The van der Waals surface area contributed by atoms with Gasteiger partial charge in [-0.05, 0) is 40.8 Å². The third kappa shape index (κ3) is 7.31. The van der Waals surface area contributed by atoms with Crippen LogP contribution in [0.2, 0.25) is 0 Å². The molecule has 0 fully saturated rings. The minimum absolute atomic E-state index is 0.0429. The summed E-state index contributed by atoms with van der Waals surface area (Å²) in [4.78, 5) is 23.5. The lowest BCUT2D eigenvalue weighted by Gasteiger charge is -2.19. The maximum absolute atomic E-state index is 11.7. The summed E-state index contributed by atoms with van der Waals surface area (Å²) in [5.74, 6) is -0.0202. The molecule has 0 aliphatic heterocycles. The molecular weight excluding hydrogens is 358 g/mol. The highest BCUT2D eigenvalue weighted by atomic mass is 16.5. The van der Waals surface area contributed by atoms with Crippen LogP contribution in [0.25, 0.3) is 0 Å². The minimum atomic E-state index is -0.504. The lowest BCUT2D eigenvalue weighted by molar-refractivity contribution is -0.147. The van der Waals surface area contributed by atoms with Gasteiger partial charge in [0.05, 0.1) is 13.0 Å². The van der Waals surface area contributed by atoms with Crippen molar-refractivity contribution < 1.29 is 24.2 Å². The summed E-state index contributed by atoms with van der Waals surface area (Å²) in [6.45, 7) is 6.75. The lowest BCUT2D eigenvalue weighted by atomic mass is 9.87. The Labute approximate surface area is 165 Å². The van der Waals surface area contributed by atoms with Crippen LogP contribution in [0.15, 0.2) is 48.5 Å². The number of benzene rings is 2. The van der Waals surface area contributed by atoms with Crippen LogP contribution in [-0.2, 0) is 26.2 Å². The van der Waals surface area contributed by atoms with Crippen LogP contribution in [0.5, 0.6) is 11.5 Å². The fourth-order valence-electron chi connectivity index (χ4n) is 2.44. The second kappa shape index (κ2) is 9.78. The van der Waals surface area contributed by atoms with Gasteiger partial charge in [0.15, 0.2) is 6.61 Å². The van der Waals surface area contributed by atoms with Crippen LogP contribution in [0.1, 0.15) is 31.9 Å². The summed E-state index contributed by atoms with van der Waals surface area (Å²) < 4.78 is 10.5. The Balaban J connectivity index is 1.62. The molecule has 150 valence electrons. The molecule has 0 aliphatic rings. The molecule has 2 aromatic rings. The van der Waals surface area contributed by atoms with Crippen molar-refractivity contribution in [3.05, 3.63) is 59.7 Å². The van der Waals surface area contributed by atoms with Gasteiger partial charge in [0.2, 0.25) is 0 Å². The molecule has 0 saturated heterocycles. The summed E-state index contributed by atoms with van der Waals surface area (Å²) in [6, 6.07) is 14.1. The predicted molar refractivity (Wildman–Crippen MR) is 106 cm³/mol. The van der Waals surface area contributed by atoms with Crippen molar-refractivity contribution in [2.45, 2.75) is 32.6 Å². The van der Waals surface area contributed by atoms with Gasteiger partial charge in [-0.1, -0.05) is 45.0 Å². The van der Waals surface area contributed by atoms with Crippen molar-refractivity contribution >= 4 is 11.9 Å². The zero-order valence-corrected chi connectivity index (χ0v) is 16.5. The molecule has 2 N–H and O–H groups in total. The monoisotopic (exact) mass is 385 g/mol. The fraction of sp³-hybridized carbons (Fsp3) is 0.364. The van der Waals surface area contributed by atoms with Gasteiger partial charge in [0.25, 0.3) is 5.91 Å². The van der Waals surface area contributed by atoms with Gasteiger partial charge in [-0.3, -0.25) is 9.59 Å². The van der Waals surface area contributed by atoms with Crippen LogP contribution in [0, 0.1) is 0 Å². The molecule has 6 nitrogen and oxygen atoms in total. The predicted octanol–water partition coefficient (Wildman–Crippen LogP) is 2.97. The fourth-order valence-corrected chi connectivity index (χ4v) is 2.44. The highest BCUT2D eigenvalue weighted by molar-refractivity contribution is 5.81. The number of hydrogen-bond donors (Lipinski definition) is 2. The van der Waals surface area contributed by atoms with Crippen LogP contribution in [-0.4, -0.2) is 36.7 Å². The van der Waals surface area contributed by atoms with E-state index in [9.17, 15) is 14.7 Å². The number of aromatic hydroxyl groups is 1. The van der Waals surface area contributed by atoms with E-state index in [1.54, 1.807) is 12.1 Å². The molecule has 0 heterocycles. The average Bonchev–Trinajstić information content (AvgIpc) is 2.65. The maximum Gasteiger partial charge on any atom is 0.310 e. The first-order valence-electron chi connectivity index (χ1n) is 9.17. The number of esters is 1. The van der Waals surface area contributed by atoms with Gasteiger partial charge in [-0.15, -0.1) is 0 Å². The van der Waals surface area contributed by atoms with E-state index in [0.29, 0.717) is 18.7 Å². The molecule has 0 bridgehead atoms. The zero-order chi connectivity index (χ0) is 20.6. The Morgan fingerprint density at radius 1 is 1.00 bits per heavy atom. The summed E-state index contributed by atoms with van der Waals surface area (Å²) in [5, 5.41) is 11.8. The number of rotatable bonds is 8. The molecular formula is C22H27NO5. The Morgan fingerprint density at radius 3 is 2.25 bits per heavy atom. The van der Waals surface area contributed by atoms with Crippen LogP contribution >= 0.6 is 0 Å². The number of carbonyl (C=O) groups is 2. The molecule has 28 heavy (non-hydrogen) atoms. The Bertz CT molecular complexity index is 776. The van der Waals surface area contributed by atoms with E-state index in [0.717, 1.165) is 5.75 Å². The third-order valence-corrected chi connectivity index (χ3v) is 4.06. The van der Waals surface area contributed by atoms with Crippen molar-refractivity contribution in [3.63, 3.8) is 0 Å². The summed E-state index contributed by atoms with van der Waals surface area (Å²) >= 11 is 0. The summed E-state index contributed by atoms with van der Waals surface area (Å²) in [6.07, 6.45) is 0.0429. The van der Waals surface area contributed by atoms with E-state index < -0.39 is 5.97 Å². The van der Waals surface area contributed by atoms with Gasteiger partial charge in [-0.25, -0.2) is 0 Å². The molecule has 0 radical (unpaired) electrons. The molecule has 6 heteroatoms.